The van der Waals surface area contributed by atoms with Crippen LogP contribution in [0.1, 0.15) is 17.3 Å². The summed E-state index contributed by atoms with van der Waals surface area (Å²) in [5.41, 5.74) is 0.437. The molecule has 0 atom stereocenters. The molecule has 2 rings (SSSR count). The number of halogens is 2. The summed E-state index contributed by atoms with van der Waals surface area (Å²) in [6.07, 6.45) is 0.948. The van der Waals surface area contributed by atoms with Gasteiger partial charge < -0.3 is 10.1 Å². The van der Waals surface area contributed by atoms with Gasteiger partial charge in [-0.1, -0.05) is 35.3 Å². The molecule has 2 aromatic carbocycles. The van der Waals surface area contributed by atoms with Crippen LogP contribution in [0.5, 0.6) is 0 Å². The maximum absolute atomic E-state index is 12.5. The van der Waals surface area contributed by atoms with Gasteiger partial charge in [0.15, 0.2) is 0 Å². The number of hydrogen-bond donors (Lipinski definition) is 1. The van der Waals surface area contributed by atoms with Crippen LogP contribution in [0.3, 0.4) is 0 Å². The van der Waals surface area contributed by atoms with E-state index in [2.05, 4.69) is 5.32 Å². The lowest BCUT2D eigenvalue weighted by atomic mass is 10.2. The fraction of sp³-hybridized carbons (Fsp3) is 0.222. The van der Waals surface area contributed by atoms with Crippen LogP contribution in [0.15, 0.2) is 42.5 Å². The van der Waals surface area contributed by atoms with Gasteiger partial charge in [-0.25, -0.2) is 13.2 Å². The SMILES string of the molecule is CCOC(=O)c1ccccc1NC(=O)CN(c1cc(Cl)ccc1Cl)S(C)(=O)=O. The number of rotatable bonds is 7. The molecule has 2 aromatic rings. The summed E-state index contributed by atoms with van der Waals surface area (Å²) < 4.78 is 30.2. The minimum atomic E-state index is -3.84. The van der Waals surface area contributed by atoms with Crippen LogP contribution in [0.4, 0.5) is 11.4 Å². The Balaban J connectivity index is 2.29. The van der Waals surface area contributed by atoms with Gasteiger partial charge in [0.05, 0.1) is 34.8 Å². The number of hydrogen-bond acceptors (Lipinski definition) is 5. The van der Waals surface area contributed by atoms with Crippen molar-refractivity contribution in [1.29, 1.82) is 0 Å². The van der Waals surface area contributed by atoms with E-state index in [1.807, 2.05) is 0 Å². The monoisotopic (exact) mass is 444 g/mol. The molecule has 0 aliphatic carbocycles. The van der Waals surface area contributed by atoms with E-state index < -0.39 is 28.4 Å². The van der Waals surface area contributed by atoms with Gasteiger partial charge in [-0.2, -0.15) is 0 Å². The first kappa shape index (κ1) is 22.0. The van der Waals surface area contributed by atoms with Gasteiger partial charge in [0.25, 0.3) is 0 Å². The number of nitrogens with zero attached hydrogens (tertiary/aromatic N) is 1. The highest BCUT2D eigenvalue weighted by atomic mass is 35.5. The summed E-state index contributed by atoms with van der Waals surface area (Å²) in [6, 6.07) is 10.5. The topological polar surface area (TPSA) is 92.8 Å². The lowest BCUT2D eigenvalue weighted by Crippen LogP contribution is -2.37. The fourth-order valence-electron chi connectivity index (χ4n) is 2.36. The Morgan fingerprint density at radius 3 is 2.46 bits per heavy atom. The van der Waals surface area contributed by atoms with Gasteiger partial charge in [-0.3, -0.25) is 9.10 Å². The average molecular weight is 445 g/mol. The molecule has 150 valence electrons. The zero-order valence-electron chi connectivity index (χ0n) is 15.1. The van der Waals surface area contributed by atoms with E-state index in [4.69, 9.17) is 27.9 Å². The van der Waals surface area contributed by atoms with E-state index >= 15 is 0 Å². The van der Waals surface area contributed by atoms with E-state index in [9.17, 15) is 18.0 Å². The van der Waals surface area contributed by atoms with Gasteiger partial charge in [0.1, 0.15) is 6.54 Å². The summed E-state index contributed by atoms with van der Waals surface area (Å²) >= 11 is 12.0. The smallest absolute Gasteiger partial charge is 0.340 e. The zero-order chi connectivity index (χ0) is 20.9. The molecule has 0 radical (unpaired) electrons. The van der Waals surface area contributed by atoms with Crippen molar-refractivity contribution >= 4 is 56.5 Å². The summed E-state index contributed by atoms with van der Waals surface area (Å²) in [7, 11) is -3.84. The molecular formula is C18H18Cl2N2O5S. The van der Waals surface area contributed by atoms with Gasteiger partial charge in [0.2, 0.25) is 15.9 Å². The first-order chi connectivity index (χ1) is 13.1. The molecule has 0 unspecified atom stereocenters. The molecule has 0 fully saturated rings. The molecule has 0 heterocycles. The molecule has 1 N–H and O–H groups in total. The maximum atomic E-state index is 12.5. The largest absolute Gasteiger partial charge is 0.462 e. The second kappa shape index (κ2) is 9.27. The van der Waals surface area contributed by atoms with E-state index in [-0.39, 0.29) is 33.6 Å². The van der Waals surface area contributed by atoms with Crippen LogP contribution in [-0.2, 0) is 19.6 Å². The number of benzene rings is 2. The fourth-order valence-corrected chi connectivity index (χ4v) is 3.65. The molecule has 0 bridgehead atoms. The molecule has 28 heavy (non-hydrogen) atoms. The number of sulfonamides is 1. The average Bonchev–Trinajstić information content (AvgIpc) is 2.61. The third-order valence-electron chi connectivity index (χ3n) is 3.56. The normalized spacial score (nSPS) is 11.0. The summed E-state index contributed by atoms with van der Waals surface area (Å²) in [5, 5.41) is 2.92. The second-order valence-corrected chi connectivity index (χ2v) is 8.43. The van der Waals surface area contributed by atoms with Crippen LogP contribution in [0.2, 0.25) is 10.0 Å². The molecule has 0 aliphatic heterocycles. The number of carbonyl (C=O) groups excluding carboxylic acids is 2. The maximum Gasteiger partial charge on any atom is 0.340 e. The Morgan fingerprint density at radius 1 is 1.14 bits per heavy atom. The molecule has 0 spiro atoms. The molecule has 0 saturated carbocycles. The lowest BCUT2D eigenvalue weighted by Gasteiger charge is -2.23. The summed E-state index contributed by atoms with van der Waals surface area (Å²) in [6.45, 7) is 1.28. The van der Waals surface area contributed by atoms with Crippen molar-refractivity contribution in [3.63, 3.8) is 0 Å². The third-order valence-corrected chi connectivity index (χ3v) is 5.24. The highest BCUT2D eigenvalue weighted by Gasteiger charge is 2.24. The van der Waals surface area contributed by atoms with Crippen LogP contribution < -0.4 is 9.62 Å². The first-order valence-corrected chi connectivity index (χ1v) is 10.7. The number of esters is 1. The number of nitrogens with one attached hydrogen (secondary N) is 1. The Bertz CT molecular complexity index is 995. The summed E-state index contributed by atoms with van der Waals surface area (Å²) in [4.78, 5) is 24.5. The molecule has 10 heteroatoms. The molecule has 7 nitrogen and oxygen atoms in total. The predicted molar refractivity (Wildman–Crippen MR) is 110 cm³/mol. The van der Waals surface area contributed by atoms with Crippen molar-refractivity contribution in [2.75, 3.05) is 29.0 Å². The Labute approximate surface area is 173 Å². The molecule has 0 aliphatic rings. The number of anilines is 2. The molecule has 0 aromatic heterocycles. The predicted octanol–water partition coefficient (Wildman–Crippen LogP) is 3.57. The second-order valence-electron chi connectivity index (χ2n) is 5.68. The zero-order valence-corrected chi connectivity index (χ0v) is 17.4. The van der Waals surface area contributed by atoms with Crippen molar-refractivity contribution in [2.24, 2.45) is 0 Å². The van der Waals surface area contributed by atoms with Gasteiger partial charge in [0, 0.05) is 5.02 Å². The number of para-hydroxylation sites is 1. The highest BCUT2D eigenvalue weighted by molar-refractivity contribution is 7.92. The van der Waals surface area contributed by atoms with E-state index in [0.29, 0.717) is 0 Å². The van der Waals surface area contributed by atoms with E-state index in [0.717, 1.165) is 10.6 Å². The molecule has 0 saturated heterocycles. The Morgan fingerprint density at radius 2 is 1.82 bits per heavy atom. The van der Waals surface area contributed by atoms with Crippen molar-refractivity contribution in [1.82, 2.24) is 0 Å². The van der Waals surface area contributed by atoms with E-state index in [1.54, 1.807) is 19.1 Å². The van der Waals surface area contributed by atoms with Crippen molar-refractivity contribution in [2.45, 2.75) is 6.92 Å². The van der Waals surface area contributed by atoms with Crippen LogP contribution in [0.25, 0.3) is 0 Å². The summed E-state index contributed by atoms with van der Waals surface area (Å²) in [5.74, 6) is -1.27. The number of amides is 1. The first-order valence-electron chi connectivity index (χ1n) is 8.12. The van der Waals surface area contributed by atoms with Crippen LogP contribution in [0, 0.1) is 0 Å². The lowest BCUT2D eigenvalue weighted by molar-refractivity contribution is -0.114. The van der Waals surface area contributed by atoms with Crippen molar-refractivity contribution in [3.05, 3.63) is 58.1 Å². The quantitative estimate of drug-likeness (QED) is 0.658. The number of ether oxygens (including phenoxy) is 1. The van der Waals surface area contributed by atoms with E-state index in [1.165, 1.54) is 30.3 Å². The molecular weight excluding hydrogens is 427 g/mol. The van der Waals surface area contributed by atoms with Gasteiger partial charge in [-0.05, 0) is 37.3 Å². The minimum absolute atomic E-state index is 0.0745. The van der Waals surface area contributed by atoms with Crippen molar-refractivity contribution in [3.8, 4) is 0 Å². The van der Waals surface area contributed by atoms with Gasteiger partial charge in [-0.15, -0.1) is 0 Å². The minimum Gasteiger partial charge on any atom is -0.462 e. The Hall–Kier alpha value is -2.29. The number of carbonyl (C=O) groups is 2. The van der Waals surface area contributed by atoms with Gasteiger partial charge >= 0.3 is 5.97 Å². The standard InChI is InChI=1S/C18H18Cl2N2O5S/c1-3-27-18(24)13-6-4-5-7-15(13)21-17(23)11-22(28(2,25)26)16-10-12(19)8-9-14(16)20/h4-10H,3,11H2,1-2H3,(H,21,23). The van der Waals surface area contributed by atoms with Crippen LogP contribution >= 0.6 is 23.2 Å². The van der Waals surface area contributed by atoms with Crippen molar-refractivity contribution < 1.29 is 22.7 Å². The highest BCUT2D eigenvalue weighted by Crippen LogP contribution is 2.30. The van der Waals surface area contributed by atoms with Crippen LogP contribution in [-0.4, -0.2) is 39.7 Å². The third kappa shape index (κ3) is 5.60. The Kier molecular flexibility index (Phi) is 7.29. The molecule has 1 amide bonds.